The fourth-order valence-corrected chi connectivity index (χ4v) is 4.45. The van der Waals surface area contributed by atoms with Crippen LogP contribution in [0.25, 0.3) is 21.8 Å². The smallest absolute Gasteiger partial charge is 0.434 e. The molecule has 0 saturated carbocycles. The van der Waals surface area contributed by atoms with E-state index in [-0.39, 0.29) is 33.9 Å². The van der Waals surface area contributed by atoms with Gasteiger partial charge in [-0.1, -0.05) is 6.07 Å². The Morgan fingerprint density at radius 2 is 2.03 bits per heavy atom. The molecule has 9 nitrogen and oxygen atoms in total. The number of H-pyrrole nitrogens is 2. The van der Waals surface area contributed by atoms with Crippen LogP contribution in [0, 0.1) is 0 Å². The van der Waals surface area contributed by atoms with Crippen molar-refractivity contribution >= 4 is 37.8 Å². The second-order valence-electron chi connectivity index (χ2n) is 6.43. The van der Waals surface area contributed by atoms with Crippen LogP contribution in [0.3, 0.4) is 0 Å². The highest BCUT2D eigenvalue weighted by molar-refractivity contribution is 7.90. The third-order valence-electron chi connectivity index (χ3n) is 4.46. The van der Waals surface area contributed by atoms with Crippen molar-refractivity contribution in [3.63, 3.8) is 0 Å². The predicted octanol–water partition coefficient (Wildman–Crippen LogP) is 2.91. The first-order chi connectivity index (χ1) is 14.4. The maximum Gasteiger partial charge on any atom is 0.513 e. The second-order valence-corrected chi connectivity index (χ2v) is 8.42. The van der Waals surface area contributed by atoms with E-state index in [1.54, 1.807) is 25.1 Å². The van der Waals surface area contributed by atoms with Gasteiger partial charge in [0, 0.05) is 23.3 Å². The number of benzene rings is 1. The van der Waals surface area contributed by atoms with Crippen LogP contribution in [0.4, 0.5) is 4.79 Å². The van der Waals surface area contributed by atoms with Crippen molar-refractivity contribution in [2.24, 2.45) is 0 Å². The quantitative estimate of drug-likeness (QED) is 0.468. The predicted molar refractivity (Wildman–Crippen MR) is 109 cm³/mol. The van der Waals surface area contributed by atoms with Gasteiger partial charge >= 0.3 is 6.16 Å². The summed E-state index contributed by atoms with van der Waals surface area (Å²) in [6, 6.07) is 9.41. The summed E-state index contributed by atoms with van der Waals surface area (Å²) in [5, 5.41) is 0.698. The summed E-state index contributed by atoms with van der Waals surface area (Å²) >= 11 is 0. The van der Waals surface area contributed by atoms with Crippen LogP contribution in [0.1, 0.15) is 12.6 Å². The van der Waals surface area contributed by atoms with Gasteiger partial charge in [-0.2, -0.15) is 0 Å². The van der Waals surface area contributed by atoms with Gasteiger partial charge in [-0.05, 0) is 37.3 Å². The van der Waals surface area contributed by atoms with E-state index in [1.807, 2.05) is 0 Å². The highest BCUT2D eigenvalue weighted by Gasteiger charge is 2.20. The van der Waals surface area contributed by atoms with Crippen molar-refractivity contribution in [2.75, 3.05) is 6.61 Å². The molecule has 30 heavy (non-hydrogen) atoms. The molecule has 1 aromatic carbocycles. The second kappa shape index (κ2) is 7.64. The Bertz CT molecular complexity index is 1410. The molecule has 3 aromatic heterocycles. The lowest BCUT2D eigenvalue weighted by atomic mass is 10.1. The molecule has 154 valence electrons. The number of pyridine rings is 2. The summed E-state index contributed by atoms with van der Waals surface area (Å²) in [5.74, 6) is -0.204. The van der Waals surface area contributed by atoms with E-state index in [1.165, 1.54) is 30.6 Å². The zero-order valence-corrected chi connectivity index (χ0v) is 16.7. The molecular weight excluding hydrogens is 410 g/mol. The molecule has 0 radical (unpaired) electrons. The molecule has 0 saturated heterocycles. The van der Waals surface area contributed by atoms with Gasteiger partial charge in [0.25, 0.3) is 5.56 Å². The Morgan fingerprint density at radius 1 is 1.20 bits per heavy atom. The molecule has 0 aliphatic carbocycles. The van der Waals surface area contributed by atoms with E-state index in [9.17, 15) is 18.0 Å². The highest BCUT2D eigenvalue weighted by atomic mass is 32.2. The molecule has 10 heteroatoms. The summed E-state index contributed by atoms with van der Waals surface area (Å²) < 4.78 is 35.8. The number of nitrogens with zero attached hydrogens (tertiary/aromatic N) is 1. The molecule has 3 heterocycles. The van der Waals surface area contributed by atoms with E-state index in [2.05, 4.69) is 15.0 Å². The van der Waals surface area contributed by atoms with Gasteiger partial charge in [0.1, 0.15) is 5.52 Å². The SMILES string of the molecule is CCOC(=O)Oc1c[nH]c2c(=O)[nH]c3ccc(S(=O)(=O)Cc4ccccn4)cc3c12. The van der Waals surface area contributed by atoms with Crippen LogP contribution in [0.15, 0.2) is 58.5 Å². The van der Waals surface area contributed by atoms with E-state index >= 15 is 0 Å². The van der Waals surface area contributed by atoms with Gasteiger partial charge < -0.3 is 19.4 Å². The lowest BCUT2D eigenvalue weighted by Crippen LogP contribution is -2.11. The molecule has 4 aromatic rings. The van der Waals surface area contributed by atoms with E-state index < -0.39 is 21.6 Å². The largest absolute Gasteiger partial charge is 0.513 e. The standard InChI is InChI=1S/C20H17N3O6S/c1-2-28-20(25)29-16-10-22-18-17(16)14-9-13(6-7-15(14)23-19(18)24)30(26,27)11-12-5-3-4-8-21-12/h3-10,22H,2,11H2,1H3,(H,23,24). The molecule has 0 aliphatic rings. The fourth-order valence-electron chi connectivity index (χ4n) is 3.15. The number of fused-ring (bicyclic) bond motifs is 3. The summed E-state index contributed by atoms with van der Waals surface area (Å²) in [7, 11) is -3.71. The van der Waals surface area contributed by atoms with Crippen molar-refractivity contribution in [1.82, 2.24) is 15.0 Å². The summed E-state index contributed by atoms with van der Waals surface area (Å²) in [4.78, 5) is 33.7. The average molecular weight is 427 g/mol. The van der Waals surface area contributed by atoms with Crippen LogP contribution < -0.4 is 10.3 Å². The topological polar surface area (TPSA) is 131 Å². The summed E-state index contributed by atoms with van der Waals surface area (Å²) in [6.07, 6.45) is 1.95. The number of aromatic amines is 2. The van der Waals surface area contributed by atoms with Crippen molar-refractivity contribution in [2.45, 2.75) is 17.6 Å². The van der Waals surface area contributed by atoms with Crippen molar-refractivity contribution in [3.05, 3.63) is 64.8 Å². The number of hydrogen-bond donors (Lipinski definition) is 2. The van der Waals surface area contributed by atoms with Gasteiger partial charge in [0.2, 0.25) is 0 Å². The Kier molecular flexibility index (Phi) is 5.00. The zero-order valence-electron chi connectivity index (χ0n) is 15.8. The highest BCUT2D eigenvalue weighted by Crippen LogP contribution is 2.32. The minimum absolute atomic E-state index is 0.0530. The fraction of sp³-hybridized carbons (Fsp3) is 0.150. The number of nitrogens with one attached hydrogen (secondary N) is 2. The first-order valence-corrected chi connectivity index (χ1v) is 10.7. The van der Waals surface area contributed by atoms with Crippen LogP contribution in [-0.2, 0) is 20.3 Å². The number of hydrogen-bond acceptors (Lipinski definition) is 7. The Balaban J connectivity index is 1.86. The third-order valence-corrected chi connectivity index (χ3v) is 6.11. The van der Waals surface area contributed by atoms with Crippen molar-refractivity contribution < 1.29 is 22.7 Å². The summed E-state index contributed by atoms with van der Waals surface area (Å²) in [5.41, 5.74) is 0.538. The van der Waals surface area contributed by atoms with Gasteiger partial charge in [-0.3, -0.25) is 9.78 Å². The summed E-state index contributed by atoms with van der Waals surface area (Å²) in [6.45, 7) is 1.76. The molecule has 0 aliphatic heterocycles. The molecular formula is C20H17N3O6S. The molecule has 0 unspecified atom stereocenters. The first kappa shape index (κ1) is 19.6. The molecule has 0 amide bonds. The lowest BCUT2D eigenvalue weighted by Gasteiger charge is -2.08. The number of carbonyl (C=O) groups is 1. The van der Waals surface area contributed by atoms with Gasteiger partial charge in [-0.15, -0.1) is 0 Å². The molecule has 4 rings (SSSR count). The van der Waals surface area contributed by atoms with Gasteiger partial charge in [-0.25, -0.2) is 13.2 Å². The third kappa shape index (κ3) is 3.64. The average Bonchev–Trinajstić information content (AvgIpc) is 3.13. The van der Waals surface area contributed by atoms with Crippen LogP contribution >= 0.6 is 0 Å². The van der Waals surface area contributed by atoms with E-state index in [0.717, 1.165) is 0 Å². The monoisotopic (exact) mass is 427 g/mol. The van der Waals surface area contributed by atoms with Crippen molar-refractivity contribution in [1.29, 1.82) is 0 Å². The van der Waals surface area contributed by atoms with Gasteiger partial charge in [0.15, 0.2) is 15.6 Å². The van der Waals surface area contributed by atoms with E-state index in [4.69, 9.17) is 9.47 Å². The Morgan fingerprint density at radius 3 is 2.77 bits per heavy atom. The molecule has 0 spiro atoms. The molecule has 0 atom stereocenters. The number of sulfone groups is 1. The Hall–Kier alpha value is -3.66. The number of carbonyl (C=O) groups excluding carboxylic acids is 1. The van der Waals surface area contributed by atoms with Gasteiger partial charge in [0.05, 0.1) is 28.3 Å². The number of rotatable bonds is 5. The first-order valence-electron chi connectivity index (χ1n) is 9.03. The molecule has 2 N–H and O–H groups in total. The van der Waals surface area contributed by atoms with E-state index in [0.29, 0.717) is 16.6 Å². The lowest BCUT2D eigenvalue weighted by molar-refractivity contribution is 0.105. The minimum atomic E-state index is -3.71. The number of aromatic nitrogens is 3. The zero-order chi connectivity index (χ0) is 21.3. The van der Waals surface area contributed by atoms with Crippen molar-refractivity contribution in [3.8, 4) is 5.75 Å². The van der Waals surface area contributed by atoms with Crippen LogP contribution in [0.5, 0.6) is 5.75 Å². The normalized spacial score (nSPS) is 11.6. The maximum atomic E-state index is 12.9. The number of ether oxygens (including phenoxy) is 2. The Labute approximate surface area is 170 Å². The maximum absolute atomic E-state index is 12.9. The minimum Gasteiger partial charge on any atom is -0.434 e. The molecule has 0 bridgehead atoms. The van der Waals surface area contributed by atoms with Crippen LogP contribution in [0.2, 0.25) is 0 Å². The van der Waals surface area contributed by atoms with Crippen LogP contribution in [-0.4, -0.2) is 36.1 Å². The molecule has 0 fully saturated rings.